The molecule has 0 fully saturated rings. The molecule has 0 aliphatic rings. The Kier molecular flexibility index (Phi) is 1.43. The van der Waals surface area contributed by atoms with E-state index in [0.29, 0.717) is 11.0 Å². The number of aromatic amines is 1. The summed E-state index contributed by atoms with van der Waals surface area (Å²) < 4.78 is 0.895. The molecule has 3 rings (SSSR count). The van der Waals surface area contributed by atoms with Crippen LogP contribution < -0.4 is 4.74 Å². The van der Waals surface area contributed by atoms with Crippen LogP contribution in [0.3, 0.4) is 0 Å². The van der Waals surface area contributed by atoms with Crippen LogP contribution in [0.4, 0.5) is 0 Å². The van der Waals surface area contributed by atoms with E-state index in [-0.39, 0.29) is 4.74 Å². The van der Waals surface area contributed by atoms with E-state index in [9.17, 15) is 4.79 Å². The third kappa shape index (κ3) is 0.898. The van der Waals surface area contributed by atoms with Gasteiger partial charge in [-0.3, -0.25) is 4.79 Å². The molecule has 1 aromatic carbocycles. The zero-order valence-corrected chi connectivity index (χ0v) is 7.84. The Morgan fingerprint density at radius 2 is 1.93 bits per heavy atom. The molecule has 2 aromatic heterocycles. The monoisotopic (exact) mass is 203 g/mol. The van der Waals surface area contributed by atoms with Crippen LogP contribution in [0, 0.1) is 0 Å². The van der Waals surface area contributed by atoms with Gasteiger partial charge < -0.3 is 0 Å². The Labute approximate surface area is 82.2 Å². The van der Waals surface area contributed by atoms with Gasteiger partial charge in [-0.25, -0.2) is 0 Å². The lowest BCUT2D eigenvalue weighted by molar-refractivity contribution is 0.959. The van der Waals surface area contributed by atoms with Crippen molar-refractivity contribution in [3.05, 3.63) is 33.8 Å². The Morgan fingerprint density at radius 3 is 2.86 bits per heavy atom. The second-order valence-corrected chi connectivity index (χ2v) is 3.92. The van der Waals surface area contributed by atoms with Gasteiger partial charge in [-0.2, -0.15) is 15.4 Å². The number of benzene rings is 1. The minimum absolute atomic E-state index is 0.0487. The van der Waals surface area contributed by atoms with Crippen LogP contribution in [0.15, 0.2) is 29.1 Å². The molecule has 3 aromatic rings. The lowest BCUT2D eigenvalue weighted by Gasteiger charge is -1.93. The molecule has 0 bridgehead atoms. The molecule has 5 heteroatoms. The van der Waals surface area contributed by atoms with Gasteiger partial charge in [0, 0.05) is 10.1 Å². The van der Waals surface area contributed by atoms with E-state index < -0.39 is 0 Å². The van der Waals surface area contributed by atoms with Crippen LogP contribution in [0.2, 0.25) is 0 Å². The third-order valence-corrected chi connectivity index (χ3v) is 3.04. The normalized spacial score (nSPS) is 11.1. The molecule has 2 heterocycles. The lowest BCUT2D eigenvalue weighted by Crippen LogP contribution is -1.94. The molecule has 0 aliphatic carbocycles. The molecule has 0 unspecified atom stereocenters. The number of hydrogen-bond donors (Lipinski definition) is 1. The fourth-order valence-corrected chi connectivity index (χ4v) is 2.32. The summed E-state index contributed by atoms with van der Waals surface area (Å²) in [6, 6.07) is 7.68. The fourth-order valence-electron chi connectivity index (χ4n) is 1.46. The highest BCUT2D eigenvalue weighted by atomic mass is 32.1. The maximum absolute atomic E-state index is 11.5. The van der Waals surface area contributed by atoms with Crippen LogP contribution >= 0.6 is 11.3 Å². The molecule has 0 aliphatic heterocycles. The van der Waals surface area contributed by atoms with Gasteiger partial charge in [0.25, 0.3) is 4.74 Å². The molecular formula is C9H5N3OS. The molecule has 0 saturated heterocycles. The summed E-state index contributed by atoms with van der Waals surface area (Å²) in [6.07, 6.45) is 0. The van der Waals surface area contributed by atoms with Gasteiger partial charge in [-0.1, -0.05) is 29.5 Å². The quantitative estimate of drug-likeness (QED) is 0.602. The standard InChI is InChI=1S/C9H5N3OS/c13-9-8-7(10-12-11-8)5-3-1-2-4-6(5)14-9/h1-4H,(H,10,11,12). The Balaban J connectivity index is 2.73. The molecule has 68 valence electrons. The molecule has 14 heavy (non-hydrogen) atoms. The highest BCUT2D eigenvalue weighted by molar-refractivity contribution is 7.16. The van der Waals surface area contributed by atoms with Crippen LogP contribution in [-0.4, -0.2) is 15.4 Å². The first-order valence-electron chi connectivity index (χ1n) is 4.08. The van der Waals surface area contributed by atoms with E-state index in [1.165, 1.54) is 11.3 Å². The summed E-state index contributed by atoms with van der Waals surface area (Å²) in [5, 5.41) is 11.3. The summed E-state index contributed by atoms with van der Waals surface area (Å²) in [5.41, 5.74) is 1.08. The SMILES string of the molecule is O=c1sc2ccccc2c2n[nH]nc12. The first kappa shape index (κ1) is 7.64. The van der Waals surface area contributed by atoms with Crippen LogP contribution in [-0.2, 0) is 0 Å². The van der Waals surface area contributed by atoms with E-state index in [1.54, 1.807) is 0 Å². The Bertz CT molecular complexity index is 670. The molecular weight excluding hydrogens is 198 g/mol. The zero-order valence-electron chi connectivity index (χ0n) is 7.02. The topological polar surface area (TPSA) is 58.6 Å². The van der Waals surface area contributed by atoms with Gasteiger partial charge >= 0.3 is 0 Å². The molecule has 0 radical (unpaired) electrons. The van der Waals surface area contributed by atoms with Crippen molar-refractivity contribution >= 4 is 32.5 Å². The van der Waals surface area contributed by atoms with E-state index in [4.69, 9.17) is 0 Å². The van der Waals surface area contributed by atoms with Crippen molar-refractivity contribution in [3.8, 4) is 0 Å². The first-order valence-corrected chi connectivity index (χ1v) is 4.90. The van der Waals surface area contributed by atoms with Crippen molar-refractivity contribution in [2.24, 2.45) is 0 Å². The average molecular weight is 203 g/mol. The number of fused-ring (bicyclic) bond motifs is 3. The number of hydrogen-bond acceptors (Lipinski definition) is 4. The van der Waals surface area contributed by atoms with Gasteiger partial charge in [-0.05, 0) is 6.07 Å². The first-order chi connectivity index (χ1) is 6.86. The van der Waals surface area contributed by atoms with Crippen molar-refractivity contribution in [2.75, 3.05) is 0 Å². The second kappa shape index (κ2) is 2.62. The Hall–Kier alpha value is -1.75. The third-order valence-electron chi connectivity index (χ3n) is 2.09. The van der Waals surface area contributed by atoms with Gasteiger partial charge in [-0.15, -0.1) is 0 Å². The zero-order chi connectivity index (χ0) is 9.54. The van der Waals surface area contributed by atoms with Crippen molar-refractivity contribution in [3.63, 3.8) is 0 Å². The van der Waals surface area contributed by atoms with Gasteiger partial charge in [0.05, 0.1) is 0 Å². The molecule has 0 saturated carbocycles. The molecule has 0 amide bonds. The fraction of sp³-hybridized carbons (Fsp3) is 0. The molecule has 1 N–H and O–H groups in total. The smallest absolute Gasteiger partial charge is 0.262 e. The van der Waals surface area contributed by atoms with Crippen molar-refractivity contribution in [1.29, 1.82) is 0 Å². The summed E-state index contributed by atoms with van der Waals surface area (Å²) in [4.78, 5) is 11.5. The minimum atomic E-state index is -0.0487. The van der Waals surface area contributed by atoms with Crippen LogP contribution in [0.25, 0.3) is 21.1 Å². The van der Waals surface area contributed by atoms with Gasteiger partial charge in [0.2, 0.25) is 0 Å². The van der Waals surface area contributed by atoms with E-state index in [1.807, 2.05) is 24.3 Å². The summed E-state index contributed by atoms with van der Waals surface area (Å²) in [7, 11) is 0. The number of rotatable bonds is 0. The van der Waals surface area contributed by atoms with Crippen molar-refractivity contribution in [2.45, 2.75) is 0 Å². The maximum Gasteiger partial charge on any atom is 0.262 e. The average Bonchev–Trinajstić information content (AvgIpc) is 2.67. The number of H-pyrrole nitrogens is 1. The van der Waals surface area contributed by atoms with Gasteiger partial charge in [0.15, 0.2) is 5.52 Å². The largest absolute Gasteiger partial charge is 0.275 e. The lowest BCUT2D eigenvalue weighted by atomic mass is 10.2. The number of aromatic nitrogens is 3. The highest BCUT2D eigenvalue weighted by Gasteiger charge is 2.07. The molecule has 0 atom stereocenters. The second-order valence-electron chi connectivity index (χ2n) is 2.91. The van der Waals surface area contributed by atoms with E-state index in [0.717, 1.165) is 10.1 Å². The van der Waals surface area contributed by atoms with Crippen LogP contribution in [0.5, 0.6) is 0 Å². The maximum atomic E-state index is 11.5. The summed E-state index contributed by atoms with van der Waals surface area (Å²) in [5.74, 6) is 0. The van der Waals surface area contributed by atoms with Crippen LogP contribution in [0.1, 0.15) is 0 Å². The Morgan fingerprint density at radius 1 is 1.14 bits per heavy atom. The number of nitrogens with zero attached hydrogens (tertiary/aromatic N) is 2. The van der Waals surface area contributed by atoms with E-state index >= 15 is 0 Å². The molecule has 4 nitrogen and oxygen atoms in total. The summed E-state index contributed by atoms with van der Waals surface area (Å²) >= 11 is 1.20. The minimum Gasteiger partial charge on any atom is -0.275 e. The molecule has 0 spiro atoms. The summed E-state index contributed by atoms with van der Waals surface area (Å²) in [6.45, 7) is 0. The number of nitrogens with one attached hydrogen (secondary N) is 1. The van der Waals surface area contributed by atoms with Gasteiger partial charge in [0.1, 0.15) is 5.52 Å². The highest BCUT2D eigenvalue weighted by Crippen LogP contribution is 2.21. The van der Waals surface area contributed by atoms with Crippen molar-refractivity contribution < 1.29 is 0 Å². The predicted molar refractivity (Wildman–Crippen MR) is 55.5 cm³/mol. The predicted octanol–water partition coefficient (Wildman–Crippen LogP) is 1.53. The van der Waals surface area contributed by atoms with E-state index in [2.05, 4.69) is 15.4 Å². The van der Waals surface area contributed by atoms with Crippen molar-refractivity contribution in [1.82, 2.24) is 15.4 Å².